The van der Waals surface area contributed by atoms with Crippen LogP contribution in [0.15, 0.2) is 42.5 Å². The number of amides is 1. The molecule has 2 aromatic carbocycles. The first-order valence-corrected chi connectivity index (χ1v) is 10.3. The van der Waals surface area contributed by atoms with Crippen LogP contribution in [0.1, 0.15) is 35.6 Å². The van der Waals surface area contributed by atoms with Gasteiger partial charge in [0, 0.05) is 6.08 Å². The number of rotatable bonds is 6. The fourth-order valence-corrected chi connectivity index (χ4v) is 3.88. The summed E-state index contributed by atoms with van der Waals surface area (Å²) in [6, 6.07) is 11.6. The van der Waals surface area contributed by atoms with E-state index in [1.807, 2.05) is 18.2 Å². The summed E-state index contributed by atoms with van der Waals surface area (Å²) in [5, 5.41) is 2.97. The van der Waals surface area contributed by atoms with Crippen LogP contribution < -0.4 is 19.5 Å². The molecule has 7 heteroatoms. The second kappa shape index (κ2) is 9.55. The van der Waals surface area contributed by atoms with Crippen molar-refractivity contribution in [1.82, 2.24) is 5.32 Å². The second-order valence-electron chi connectivity index (χ2n) is 7.40. The Kier molecular flexibility index (Phi) is 6.40. The maximum Gasteiger partial charge on any atom is 0.331 e. The van der Waals surface area contributed by atoms with Gasteiger partial charge in [-0.3, -0.25) is 4.79 Å². The summed E-state index contributed by atoms with van der Waals surface area (Å²) in [7, 11) is 1.54. The molecule has 2 aliphatic rings. The van der Waals surface area contributed by atoms with E-state index in [1.54, 1.807) is 25.3 Å². The summed E-state index contributed by atoms with van der Waals surface area (Å²) < 4.78 is 21.6. The number of carbonyl (C=O) groups excluding carboxylic acids is 2. The molecule has 2 aromatic rings. The number of hydrogen-bond acceptors (Lipinski definition) is 6. The molecule has 1 aliphatic heterocycles. The van der Waals surface area contributed by atoms with Crippen LogP contribution in [-0.2, 0) is 20.7 Å². The van der Waals surface area contributed by atoms with E-state index in [9.17, 15) is 9.59 Å². The molecule has 0 saturated carbocycles. The molecule has 1 aliphatic carbocycles. The fourth-order valence-electron chi connectivity index (χ4n) is 3.88. The first-order chi connectivity index (χ1) is 15.1. The van der Waals surface area contributed by atoms with Gasteiger partial charge < -0.3 is 24.3 Å². The molecule has 0 spiro atoms. The Balaban J connectivity index is 1.31. The zero-order valence-corrected chi connectivity index (χ0v) is 17.4. The maximum absolute atomic E-state index is 12.3. The molecule has 7 nitrogen and oxygen atoms in total. The van der Waals surface area contributed by atoms with Crippen molar-refractivity contribution in [2.75, 3.05) is 26.9 Å². The predicted molar refractivity (Wildman–Crippen MR) is 114 cm³/mol. The third-order valence-corrected chi connectivity index (χ3v) is 5.31. The number of aryl methyl sites for hydroxylation is 1. The molecule has 0 radical (unpaired) electrons. The van der Waals surface area contributed by atoms with Gasteiger partial charge in [0.15, 0.2) is 18.1 Å². The zero-order valence-electron chi connectivity index (χ0n) is 17.4. The van der Waals surface area contributed by atoms with E-state index >= 15 is 0 Å². The van der Waals surface area contributed by atoms with E-state index in [2.05, 4.69) is 11.4 Å². The van der Waals surface area contributed by atoms with Gasteiger partial charge in [-0.25, -0.2) is 4.79 Å². The number of hydrogen-bond donors (Lipinski definition) is 1. The smallest absolute Gasteiger partial charge is 0.331 e. The summed E-state index contributed by atoms with van der Waals surface area (Å²) in [5.41, 5.74) is 3.09. The van der Waals surface area contributed by atoms with E-state index in [0.29, 0.717) is 36.0 Å². The van der Waals surface area contributed by atoms with Crippen LogP contribution in [0.2, 0.25) is 0 Å². The summed E-state index contributed by atoms with van der Waals surface area (Å²) in [4.78, 5) is 24.4. The van der Waals surface area contributed by atoms with Gasteiger partial charge in [0.1, 0.15) is 13.2 Å². The molecule has 1 atom stereocenters. The Morgan fingerprint density at radius 1 is 1.19 bits per heavy atom. The Bertz CT molecular complexity index is 982. The van der Waals surface area contributed by atoms with Crippen molar-refractivity contribution in [2.45, 2.75) is 25.3 Å². The minimum Gasteiger partial charge on any atom is -0.493 e. The molecule has 162 valence electrons. The van der Waals surface area contributed by atoms with Crippen molar-refractivity contribution in [3.05, 3.63) is 59.2 Å². The molecule has 0 bridgehead atoms. The van der Waals surface area contributed by atoms with Crippen molar-refractivity contribution in [1.29, 1.82) is 0 Å². The minimum atomic E-state index is -0.604. The lowest BCUT2D eigenvalue weighted by atomic mass is 9.88. The Morgan fingerprint density at radius 2 is 2.03 bits per heavy atom. The zero-order chi connectivity index (χ0) is 21.6. The van der Waals surface area contributed by atoms with E-state index in [4.69, 9.17) is 18.9 Å². The number of benzene rings is 2. The lowest BCUT2D eigenvalue weighted by Crippen LogP contribution is -2.34. The van der Waals surface area contributed by atoms with Gasteiger partial charge in [-0.15, -0.1) is 0 Å². The Labute approximate surface area is 180 Å². The highest BCUT2D eigenvalue weighted by molar-refractivity contribution is 5.89. The summed E-state index contributed by atoms with van der Waals surface area (Å²) in [5.74, 6) is 0.718. The van der Waals surface area contributed by atoms with Crippen LogP contribution in [-0.4, -0.2) is 38.8 Å². The van der Waals surface area contributed by atoms with Gasteiger partial charge in [-0.1, -0.05) is 24.3 Å². The molecule has 1 amide bonds. The average molecular weight is 423 g/mol. The molecular weight excluding hydrogens is 398 g/mol. The lowest BCUT2D eigenvalue weighted by molar-refractivity contribution is -0.144. The highest BCUT2D eigenvalue weighted by Gasteiger charge is 2.22. The summed E-state index contributed by atoms with van der Waals surface area (Å²) >= 11 is 0. The standard InChI is InChI=1S/C24H25NO6/c1-28-20-13-16(14-21-24(20)30-12-11-29-21)9-10-23(27)31-15-22(26)25-19-8-4-6-17-5-2-3-7-18(17)19/h2-3,5,7,9-10,13-14,19H,4,6,8,11-12,15H2,1H3,(H,25,26)/b10-9+/t19-/m1/s1. The van der Waals surface area contributed by atoms with Crippen molar-refractivity contribution >= 4 is 18.0 Å². The molecule has 0 unspecified atom stereocenters. The van der Waals surface area contributed by atoms with E-state index in [-0.39, 0.29) is 18.6 Å². The minimum absolute atomic E-state index is 0.0446. The quantitative estimate of drug-likeness (QED) is 0.568. The van der Waals surface area contributed by atoms with Crippen LogP contribution >= 0.6 is 0 Å². The number of methoxy groups -OCH3 is 1. The summed E-state index contributed by atoms with van der Waals surface area (Å²) in [6.07, 6.45) is 5.77. The van der Waals surface area contributed by atoms with Crippen LogP contribution in [0.25, 0.3) is 6.08 Å². The lowest BCUT2D eigenvalue weighted by Gasteiger charge is -2.26. The first-order valence-electron chi connectivity index (χ1n) is 10.3. The van der Waals surface area contributed by atoms with E-state index in [1.165, 1.54) is 11.6 Å². The molecular formula is C24H25NO6. The monoisotopic (exact) mass is 423 g/mol. The van der Waals surface area contributed by atoms with Crippen LogP contribution in [0, 0.1) is 0 Å². The topological polar surface area (TPSA) is 83.1 Å². The van der Waals surface area contributed by atoms with Crippen molar-refractivity contribution < 1.29 is 28.5 Å². The van der Waals surface area contributed by atoms with Crippen molar-refractivity contribution in [2.24, 2.45) is 0 Å². The van der Waals surface area contributed by atoms with Gasteiger partial charge in [0.25, 0.3) is 5.91 Å². The molecule has 1 heterocycles. The molecule has 31 heavy (non-hydrogen) atoms. The molecule has 1 N–H and O–H groups in total. The maximum atomic E-state index is 12.3. The van der Waals surface area contributed by atoms with Crippen LogP contribution in [0.5, 0.6) is 17.2 Å². The summed E-state index contributed by atoms with van der Waals surface area (Å²) in [6.45, 7) is 0.581. The van der Waals surface area contributed by atoms with E-state index < -0.39 is 5.97 Å². The molecule has 0 saturated heterocycles. The SMILES string of the molecule is COc1cc(/C=C/C(=O)OCC(=O)N[C@@H]2CCCc3ccccc32)cc2c1OCCO2. The van der Waals surface area contributed by atoms with Gasteiger partial charge in [-0.05, 0) is 54.2 Å². The predicted octanol–water partition coefficient (Wildman–Crippen LogP) is 3.22. The first kappa shape index (κ1) is 20.8. The molecule has 0 aromatic heterocycles. The molecule has 4 rings (SSSR count). The van der Waals surface area contributed by atoms with Crippen molar-refractivity contribution in [3.8, 4) is 17.2 Å². The van der Waals surface area contributed by atoms with Crippen LogP contribution in [0.4, 0.5) is 0 Å². The Hall–Kier alpha value is -3.48. The van der Waals surface area contributed by atoms with Crippen LogP contribution in [0.3, 0.4) is 0 Å². The number of nitrogens with one attached hydrogen (secondary N) is 1. The normalized spacial score (nSPS) is 17.0. The largest absolute Gasteiger partial charge is 0.493 e. The highest BCUT2D eigenvalue weighted by Crippen LogP contribution is 2.40. The van der Waals surface area contributed by atoms with Crippen molar-refractivity contribution in [3.63, 3.8) is 0 Å². The highest BCUT2D eigenvalue weighted by atomic mass is 16.6. The van der Waals surface area contributed by atoms with Gasteiger partial charge in [-0.2, -0.15) is 0 Å². The third-order valence-electron chi connectivity index (χ3n) is 5.31. The second-order valence-corrected chi connectivity index (χ2v) is 7.40. The van der Waals surface area contributed by atoms with Gasteiger partial charge >= 0.3 is 5.97 Å². The number of fused-ring (bicyclic) bond motifs is 2. The van der Waals surface area contributed by atoms with Gasteiger partial charge in [0.05, 0.1) is 13.2 Å². The molecule has 0 fully saturated rings. The number of carbonyl (C=O) groups is 2. The Morgan fingerprint density at radius 3 is 2.90 bits per heavy atom. The number of ether oxygens (including phenoxy) is 4. The third kappa shape index (κ3) is 4.99. The van der Waals surface area contributed by atoms with E-state index in [0.717, 1.165) is 24.8 Å². The number of esters is 1. The van der Waals surface area contributed by atoms with Gasteiger partial charge in [0.2, 0.25) is 5.75 Å². The fraction of sp³-hybridized carbons (Fsp3) is 0.333. The average Bonchev–Trinajstić information content (AvgIpc) is 2.81.